The summed E-state index contributed by atoms with van der Waals surface area (Å²) in [7, 11) is 1.85. The lowest BCUT2D eigenvalue weighted by Gasteiger charge is -2.18. The molecule has 0 aliphatic rings. The van der Waals surface area contributed by atoms with Gasteiger partial charge in [-0.15, -0.1) is 0 Å². The van der Waals surface area contributed by atoms with Crippen molar-refractivity contribution in [2.75, 3.05) is 6.54 Å². The van der Waals surface area contributed by atoms with Crippen LogP contribution < -0.4 is 5.32 Å². The van der Waals surface area contributed by atoms with Crippen LogP contribution in [-0.2, 0) is 13.5 Å². The third-order valence-electron chi connectivity index (χ3n) is 2.99. The smallest absolute Gasteiger partial charge is 0.138 e. The molecule has 102 valence electrons. The summed E-state index contributed by atoms with van der Waals surface area (Å²) in [5, 5.41) is 7.40. The summed E-state index contributed by atoms with van der Waals surface area (Å²) >= 11 is 3.17. The number of nitrogens with one attached hydrogen (secondary N) is 1. The third-order valence-corrected chi connectivity index (χ3v) is 3.63. The lowest BCUT2D eigenvalue weighted by atomic mass is 10.0. The van der Waals surface area contributed by atoms with Gasteiger partial charge in [-0.1, -0.05) is 13.0 Å². The van der Waals surface area contributed by atoms with E-state index in [-0.39, 0.29) is 11.9 Å². The molecule has 0 aliphatic heterocycles. The maximum Gasteiger partial charge on any atom is 0.138 e. The lowest BCUT2D eigenvalue weighted by Crippen LogP contribution is -2.24. The highest BCUT2D eigenvalue weighted by molar-refractivity contribution is 9.10. The van der Waals surface area contributed by atoms with Gasteiger partial charge in [-0.3, -0.25) is 4.68 Å². The second kappa shape index (κ2) is 6.25. The lowest BCUT2D eigenvalue weighted by molar-refractivity contribution is 0.517. The Balaban J connectivity index is 2.24. The first-order valence-electron chi connectivity index (χ1n) is 6.13. The zero-order valence-corrected chi connectivity index (χ0v) is 12.5. The van der Waals surface area contributed by atoms with Crippen LogP contribution in [-0.4, -0.2) is 21.3 Å². The molecule has 4 nitrogen and oxygen atoms in total. The van der Waals surface area contributed by atoms with Crippen molar-refractivity contribution in [3.63, 3.8) is 0 Å². The summed E-state index contributed by atoms with van der Waals surface area (Å²) in [6.07, 6.45) is 2.20. The predicted molar refractivity (Wildman–Crippen MR) is 75.2 cm³/mol. The van der Waals surface area contributed by atoms with E-state index in [4.69, 9.17) is 0 Å². The van der Waals surface area contributed by atoms with Crippen molar-refractivity contribution in [2.45, 2.75) is 19.4 Å². The van der Waals surface area contributed by atoms with Crippen LogP contribution >= 0.6 is 15.9 Å². The molecule has 2 rings (SSSR count). The second-order valence-corrected chi connectivity index (χ2v) is 5.14. The summed E-state index contributed by atoms with van der Waals surface area (Å²) in [6, 6.07) is 5.21. The molecule has 0 spiro atoms. The average molecular weight is 327 g/mol. The summed E-state index contributed by atoms with van der Waals surface area (Å²) < 4.78 is 15.8. The van der Waals surface area contributed by atoms with Crippen molar-refractivity contribution in [1.82, 2.24) is 20.1 Å². The normalized spacial score (nSPS) is 12.6. The van der Waals surface area contributed by atoms with E-state index in [1.54, 1.807) is 16.8 Å². The highest BCUT2D eigenvalue weighted by Gasteiger charge is 2.15. The Labute approximate surface area is 120 Å². The molecule has 1 unspecified atom stereocenters. The Morgan fingerprint density at radius 3 is 2.84 bits per heavy atom. The third kappa shape index (κ3) is 3.39. The van der Waals surface area contributed by atoms with Gasteiger partial charge in [-0.25, -0.2) is 9.37 Å². The number of aromatic nitrogens is 3. The van der Waals surface area contributed by atoms with Crippen LogP contribution in [0.1, 0.15) is 24.4 Å². The molecule has 2 aromatic rings. The van der Waals surface area contributed by atoms with Crippen LogP contribution in [0.4, 0.5) is 4.39 Å². The molecule has 0 saturated heterocycles. The molecule has 19 heavy (non-hydrogen) atoms. The molecular weight excluding hydrogens is 311 g/mol. The number of halogens is 2. The summed E-state index contributed by atoms with van der Waals surface area (Å²) in [5.74, 6) is 0.618. The second-order valence-electron chi connectivity index (χ2n) is 4.29. The molecule has 0 saturated carbocycles. The fourth-order valence-corrected chi connectivity index (χ4v) is 2.22. The van der Waals surface area contributed by atoms with Crippen LogP contribution in [0, 0.1) is 5.82 Å². The van der Waals surface area contributed by atoms with E-state index in [1.807, 2.05) is 20.0 Å². The van der Waals surface area contributed by atoms with Crippen LogP contribution in [0.25, 0.3) is 0 Å². The molecular formula is C13H16BrFN4. The molecule has 1 heterocycles. The van der Waals surface area contributed by atoms with Crippen LogP contribution in [0.2, 0.25) is 0 Å². The van der Waals surface area contributed by atoms with E-state index in [0.717, 1.165) is 17.9 Å². The SMILES string of the molecule is CCNC(Cc1ncnn1C)c1ccc(Br)c(F)c1. The highest BCUT2D eigenvalue weighted by Crippen LogP contribution is 2.22. The molecule has 1 atom stereocenters. The van der Waals surface area contributed by atoms with Crippen molar-refractivity contribution >= 4 is 15.9 Å². The Morgan fingerprint density at radius 2 is 2.26 bits per heavy atom. The quantitative estimate of drug-likeness (QED) is 0.918. The number of hydrogen-bond donors (Lipinski definition) is 1. The standard InChI is InChI=1S/C13H16BrFN4/c1-3-16-12(7-13-17-8-18-19(13)2)9-4-5-10(14)11(15)6-9/h4-6,8,12,16H,3,7H2,1-2H3. The Morgan fingerprint density at radius 1 is 1.47 bits per heavy atom. The molecule has 6 heteroatoms. The fraction of sp³-hybridized carbons (Fsp3) is 0.385. The van der Waals surface area contributed by atoms with Crippen molar-refractivity contribution in [1.29, 1.82) is 0 Å². The summed E-state index contributed by atoms with van der Waals surface area (Å²) in [5.41, 5.74) is 0.908. The van der Waals surface area contributed by atoms with Gasteiger partial charge in [0.15, 0.2) is 0 Å². The average Bonchev–Trinajstić information content (AvgIpc) is 2.78. The molecule has 0 fully saturated rings. The van der Waals surface area contributed by atoms with E-state index in [0.29, 0.717) is 10.9 Å². The first kappa shape index (κ1) is 14.1. The summed E-state index contributed by atoms with van der Waals surface area (Å²) in [6.45, 7) is 2.83. The van der Waals surface area contributed by atoms with Crippen molar-refractivity contribution in [3.8, 4) is 0 Å². The number of likely N-dealkylation sites (N-methyl/N-ethyl adjacent to an activating group) is 1. The van der Waals surface area contributed by atoms with Gasteiger partial charge < -0.3 is 5.32 Å². The first-order valence-corrected chi connectivity index (χ1v) is 6.92. The molecule has 0 aliphatic carbocycles. The van der Waals surface area contributed by atoms with Crippen molar-refractivity contribution < 1.29 is 4.39 Å². The van der Waals surface area contributed by atoms with Gasteiger partial charge >= 0.3 is 0 Å². The van der Waals surface area contributed by atoms with Crippen LogP contribution in [0.15, 0.2) is 29.0 Å². The highest BCUT2D eigenvalue weighted by atomic mass is 79.9. The minimum atomic E-state index is -0.252. The fourth-order valence-electron chi connectivity index (χ4n) is 1.97. The Bertz CT molecular complexity index is 555. The Kier molecular flexibility index (Phi) is 4.66. The number of aryl methyl sites for hydroxylation is 1. The van der Waals surface area contributed by atoms with Gasteiger partial charge in [-0.2, -0.15) is 5.10 Å². The van der Waals surface area contributed by atoms with E-state index in [9.17, 15) is 4.39 Å². The van der Waals surface area contributed by atoms with Gasteiger partial charge in [0.05, 0.1) is 4.47 Å². The van der Waals surface area contributed by atoms with Gasteiger partial charge in [-0.05, 0) is 40.2 Å². The van der Waals surface area contributed by atoms with Crippen molar-refractivity contribution in [2.24, 2.45) is 7.05 Å². The van der Waals surface area contributed by atoms with Crippen molar-refractivity contribution in [3.05, 3.63) is 46.2 Å². The van der Waals surface area contributed by atoms with Gasteiger partial charge in [0.25, 0.3) is 0 Å². The van der Waals surface area contributed by atoms with Crippen LogP contribution in [0.5, 0.6) is 0 Å². The van der Waals surface area contributed by atoms with E-state index < -0.39 is 0 Å². The molecule has 0 bridgehead atoms. The number of nitrogens with zero attached hydrogens (tertiary/aromatic N) is 3. The molecule has 0 amide bonds. The minimum Gasteiger partial charge on any atom is -0.310 e. The number of benzene rings is 1. The zero-order valence-electron chi connectivity index (χ0n) is 10.9. The van der Waals surface area contributed by atoms with Gasteiger partial charge in [0.2, 0.25) is 0 Å². The molecule has 1 N–H and O–H groups in total. The molecule has 0 radical (unpaired) electrons. The van der Waals surface area contributed by atoms with E-state index in [2.05, 4.69) is 31.3 Å². The first-order chi connectivity index (χ1) is 9.11. The minimum absolute atomic E-state index is 0.0236. The predicted octanol–water partition coefficient (Wildman–Crippen LogP) is 2.61. The molecule has 1 aromatic carbocycles. The maximum atomic E-state index is 13.6. The zero-order chi connectivity index (χ0) is 13.8. The topological polar surface area (TPSA) is 42.7 Å². The monoisotopic (exact) mass is 326 g/mol. The maximum absolute atomic E-state index is 13.6. The van der Waals surface area contributed by atoms with Crippen LogP contribution in [0.3, 0.4) is 0 Å². The van der Waals surface area contributed by atoms with Gasteiger partial charge in [0.1, 0.15) is 18.0 Å². The number of rotatable bonds is 5. The Hall–Kier alpha value is -1.27. The summed E-state index contributed by atoms with van der Waals surface area (Å²) in [4.78, 5) is 4.21. The van der Waals surface area contributed by atoms with E-state index in [1.165, 1.54) is 6.33 Å². The molecule has 1 aromatic heterocycles. The largest absolute Gasteiger partial charge is 0.310 e. The van der Waals surface area contributed by atoms with Gasteiger partial charge in [0, 0.05) is 19.5 Å². The number of hydrogen-bond acceptors (Lipinski definition) is 3. The van der Waals surface area contributed by atoms with E-state index >= 15 is 0 Å².